The second kappa shape index (κ2) is 5.89. The predicted octanol–water partition coefficient (Wildman–Crippen LogP) is 5.14. The van der Waals surface area contributed by atoms with Gasteiger partial charge in [-0.15, -0.1) is 0 Å². The molecule has 3 aromatic rings. The van der Waals surface area contributed by atoms with E-state index in [1.54, 1.807) is 0 Å². The van der Waals surface area contributed by atoms with Gasteiger partial charge in [0.15, 0.2) is 0 Å². The van der Waals surface area contributed by atoms with E-state index in [-0.39, 0.29) is 0 Å². The van der Waals surface area contributed by atoms with Crippen molar-refractivity contribution in [2.45, 2.75) is 20.8 Å². The molecule has 1 aliphatic rings. The second-order valence-electron chi connectivity index (χ2n) is 6.59. The highest BCUT2D eigenvalue weighted by molar-refractivity contribution is 9.10. The molecule has 0 aliphatic carbocycles. The van der Waals surface area contributed by atoms with Crippen LogP contribution in [0.15, 0.2) is 53.0 Å². The Balaban J connectivity index is 2.22. The number of aryl methyl sites for hydroxylation is 2. The Kier molecular flexibility index (Phi) is 3.81. The minimum atomic E-state index is 0.888. The molecule has 0 saturated carbocycles. The highest BCUT2D eigenvalue weighted by Crippen LogP contribution is 2.43. The molecule has 0 N–H and O–H groups in total. The van der Waals surface area contributed by atoms with Crippen LogP contribution >= 0.6 is 15.9 Å². The van der Waals surface area contributed by atoms with Crippen molar-refractivity contribution in [1.82, 2.24) is 0 Å². The molecule has 25 heavy (non-hydrogen) atoms. The fourth-order valence-electron chi connectivity index (χ4n) is 3.40. The van der Waals surface area contributed by atoms with Gasteiger partial charge in [-0.05, 0) is 70.2 Å². The molecule has 0 spiro atoms. The van der Waals surface area contributed by atoms with Crippen molar-refractivity contribution in [2.24, 2.45) is 0 Å². The number of fused-ring (bicyclic) bond motifs is 2. The van der Waals surface area contributed by atoms with Crippen LogP contribution in [0.1, 0.15) is 27.8 Å². The fraction of sp³-hybridized carbons (Fsp3) is 0.130. The van der Waals surface area contributed by atoms with E-state index in [1.807, 2.05) is 0 Å². The van der Waals surface area contributed by atoms with E-state index in [1.165, 1.54) is 16.7 Å². The molecular formula is C23H19BrO. The third kappa shape index (κ3) is 2.44. The first-order chi connectivity index (χ1) is 12.0. The van der Waals surface area contributed by atoms with Crippen LogP contribution in [-0.2, 0) is 0 Å². The summed E-state index contributed by atoms with van der Waals surface area (Å²) in [5, 5.41) is 2.12. The average molecular weight is 391 g/mol. The van der Waals surface area contributed by atoms with Crippen LogP contribution in [0.2, 0.25) is 0 Å². The Morgan fingerprint density at radius 1 is 0.800 bits per heavy atom. The SMILES string of the molecule is C=c1ccc2c(c1C)Oc1c(ccc(C)c1Br)C=2c1ccccc1C. The molecule has 0 aromatic heterocycles. The van der Waals surface area contributed by atoms with Crippen molar-refractivity contribution < 1.29 is 4.74 Å². The molecule has 0 amide bonds. The van der Waals surface area contributed by atoms with E-state index < -0.39 is 0 Å². The van der Waals surface area contributed by atoms with Gasteiger partial charge < -0.3 is 4.74 Å². The number of hydrogen-bond donors (Lipinski definition) is 0. The van der Waals surface area contributed by atoms with Crippen molar-refractivity contribution in [3.05, 3.63) is 91.3 Å². The first-order valence-corrected chi connectivity index (χ1v) is 9.14. The lowest BCUT2D eigenvalue weighted by molar-refractivity contribution is 0.464. The van der Waals surface area contributed by atoms with Gasteiger partial charge in [0.25, 0.3) is 0 Å². The predicted molar refractivity (Wildman–Crippen MR) is 108 cm³/mol. The molecule has 2 heteroatoms. The molecule has 0 fully saturated rings. The normalized spacial score (nSPS) is 12.4. The van der Waals surface area contributed by atoms with Gasteiger partial charge in [0.2, 0.25) is 0 Å². The molecule has 0 radical (unpaired) electrons. The van der Waals surface area contributed by atoms with E-state index in [4.69, 9.17) is 4.74 Å². The summed E-state index contributed by atoms with van der Waals surface area (Å²) in [5.41, 5.74) is 7.08. The minimum absolute atomic E-state index is 0.888. The summed E-state index contributed by atoms with van der Waals surface area (Å²) < 4.78 is 7.39. The molecule has 1 aliphatic heterocycles. The first-order valence-electron chi connectivity index (χ1n) is 8.35. The van der Waals surface area contributed by atoms with E-state index in [0.29, 0.717) is 0 Å². The van der Waals surface area contributed by atoms with Gasteiger partial charge in [-0.3, -0.25) is 0 Å². The highest BCUT2D eigenvalue weighted by atomic mass is 79.9. The van der Waals surface area contributed by atoms with Crippen LogP contribution in [0.4, 0.5) is 0 Å². The van der Waals surface area contributed by atoms with Crippen LogP contribution < -0.4 is 15.2 Å². The zero-order chi connectivity index (χ0) is 17.7. The quantitative estimate of drug-likeness (QED) is 0.437. The summed E-state index contributed by atoms with van der Waals surface area (Å²) in [6.45, 7) is 10.5. The molecule has 0 atom stereocenters. The molecule has 0 bridgehead atoms. The van der Waals surface area contributed by atoms with E-state index in [2.05, 4.69) is 91.8 Å². The largest absolute Gasteiger partial charge is 0.455 e. The van der Waals surface area contributed by atoms with E-state index in [0.717, 1.165) is 43.1 Å². The first kappa shape index (κ1) is 16.2. The number of ether oxygens (including phenoxy) is 1. The van der Waals surface area contributed by atoms with E-state index >= 15 is 0 Å². The van der Waals surface area contributed by atoms with E-state index in [9.17, 15) is 0 Å². The summed E-state index contributed by atoms with van der Waals surface area (Å²) >= 11 is 3.73. The Bertz CT molecular complexity index is 1130. The van der Waals surface area contributed by atoms with Gasteiger partial charge in [0, 0.05) is 16.4 Å². The lowest BCUT2D eigenvalue weighted by atomic mass is 9.89. The van der Waals surface area contributed by atoms with Crippen LogP contribution in [0.25, 0.3) is 12.2 Å². The maximum absolute atomic E-state index is 6.38. The zero-order valence-electron chi connectivity index (χ0n) is 14.6. The van der Waals surface area contributed by atoms with Gasteiger partial charge in [-0.25, -0.2) is 0 Å². The Labute approximate surface area is 156 Å². The van der Waals surface area contributed by atoms with Gasteiger partial charge in [0.05, 0.1) is 4.47 Å². The topological polar surface area (TPSA) is 9.23 Å². The molecule has 1 nitrogen and oxygen atoms in total. The Morgan fingerprint density at radius 3 is 2.32 bits per heavy atom. The Morgan fingerprint density at radius 2 is 1.56 bits per heavy atom. The number of benzene rings is 3. The van der Waals surface area contributed by atoms with Crippen molar-refractivity contribution in [3.8, 4) is 11.5 Å². The monoisotopic (exact) mass is 390 g/mol. The van der Waals surface area contributed by atoms with Gasteiger partial charge in [-0.1, -0.05) is 49.0 Å². The van der Waals surface area contributed by atoms with Crippen molar-refractivity contribution in [3.63, 3.8) is 0 Å². The Hall–Kier alpha value is -2.32. The maximum Gasteiger partial charge on any atom is 0.149 e. The lowest BCUT2D eigenvalue weighted by Crippen LogP contribution is -2.22. The van der Waals surface area contributed by atoms with Gasteiger partial charge in [-0.2, -0.15) is 0 Å². The molecule has 4 rings (SSSR count). The smallest absolute Gasteiger partial charge is 0.149 e. The standard InChI is InChI=1S/C23H19BrO/c1-13-9-11-18-20(17-8-6-5-7-14(17)2)19-12-10-15(3)21(24)23(19)25-22(18)16(13)4/h5-12H,1H2,2-4H3. The number of halogens is 1. The summed E-state index contributed by atoms with van der Waals surface area (Å²) in [7, 11) is 0. The zero-order valence-corrected chi connectivity index (χ0v) is 16.2. The van der Waals surface area contributed by atoms with Crippen molar-refractivity contribution >= 4 is 28.1 Å². The summed E-state index contributed by atoms with van der Waals surface area (Å²) in [5.74, 6) is 1.80. The molecule has 124 valence electrons. The van der Waals surface area contributed by atoms with Crippen LogP contribution in [0.3, 0.4) is 0 Å². The minimum Gasteiger partial charge on any atom is -0.455 e. The summed E-state index contributed by atoms with van der Waals surface area (Å²) in [6, 6.07) is 17.0. The molecular weight excluding hydrogens is 372 g/mol. The maximum atomic E-state index is 6.38. The third-order valence-electron chi connectivity index (χ3n) is 4.97. The van der Waals surface area contributed by atoms with Crippen molar-refractivity contribution in [2.75, 3.05) is 0 Å². The average Bonchev–Trinajstić information content (AvgIpc) is 2.61. The summed E-state index contributed by atoms with van der Waals surface area (Å²) in [4.78, 5) is 0. The number of hydrogen-bond acceptors (Lipinski definition) is 1. The van der Waals surface area contributed by atoms with Crippen LogP contribution in [0, 0.1) is 20.8 Å². The fourth-order valence-corrected chi connectivity index (χ4v) is 3.83. The van der Waals surface area contributed by atoms with Gasteiger partial charge in [0.1, 0.15) is 11.5 Å². The third-order valence-corrected chi connectivity index (χ3v) is 5.95. The van der Waals surface area contributed by atoms with Crippen LogP contribution in [-0.4, -0.2) is 0 Å². The van der Waals surface area contributed by atoms with Crippen molar-refractivity contribution in [1.29, 1.82) is 0 Å². The summed E-state index contributed by atoms with van der Waals surface area (Å²) in [6.07, 6.45) is 0. The molecule has 3 aromatic carbocycles. The molecule has 1 heterocycles. The lowest BCUT2D eigenvalue weighted by Gasteiger charge is -2.25. The van der Waals surface area contributed by atoms with Gasteiger partial charge >= 0.3 is 0 Å². The second-order valence-corrected chi connectivity index (χ2v) is 7.38. The molecule has 0 saturated heterocycles. The van der Waals surface area contributed by atoms with Crippen LogP contribution in [0.5, 0.6) is 11.5 Å². The number of rotatable bonds is 1. The highest BCUT2D eigenvalue weighted by Gasteiger charge is 2.24. The molecule has 0 unspecified atom stereocenters.